The number of hydrogen-bond acceptors (Lipinski definition) is 2. The third-order valence-corrected chi connectivity index (χ3v) is 2.88. The van der Waals surface area contributed by atoms with Crippen LogP contribution in [0.4, 0.5) is 0 Å². The molecule has 0 heterocycles. The van der Waals surface area contributed by atoms with Crippen molar-refractivity contribution in [2.24, 2.45) is 5.41 Å². The summed E-state index contributed by atoms with van der Waals surface area (Å²) in [5.41, 5.74) is -0.0804. The zero-order valence-electron chi connectivity index (χ0n) is 7.60. The van der Waals surface area contributed by atoms with Crippen molar-refractivity contribution < 1.29 is 4.79 Å². The number of carbonyl (C=O) groups excluding carboxylic acids is 1. The van der Waals surface area contributed by atoms with Crippen molar-refractivity contribution in [1.29, 1.82) is 0 Å². The predicted octanol–water partition coefficient (Wildman–Crippen LogP) is 1.61. The van der Waals surface area contributed by atoms with Gasteiger partial charge in [0.15, 0.2) is 0 Å². The third-order valence-electron chi connectivity index (χ3n) is 2.65. The van der Waals surface area contributed by atoms with Gasteiger partial charge < -0.3 is 5.32 Å². The molecule has 1 aliphatic rings. The molecule has 1 rings (SSSR count). The molecule has 0 aliphatic heterocycles. The Hall–Kier alpha value is -0.180. The van der Waals surface area contributed by atoms with Gasteiger partial charge in [0.25, 0.3) is 0 Å². The Kier molecular flexibility index (Phi) is 3.44. The summed E-state index contributed by atoms with van der Waals surface area (Å²) < 4.78 is 0. The predicted molar refractivity (Wildman–Crippen MR) is 53.4 cm³/mol. The Balaban J connectivity index is 2.39. The Morgan fingerprint density at radius 2 is 2.08 bits per heavy atom. The normalized spacial score (nSPS) is 20.8. The van der Waals surface area contributed by atoms with E-state index in [1.165, 1.54) is 12.8 Å². The highest BCUT2D eigenvalue weighted by Crippen LogP contribution is 2.37. The lowest BCUT2D eigenvalue weighted by atomic mass is 9.88. The molecule has 1 saturated carbocycles. The van der Waals surface area contributed by atoms with Crippen LogP contribution in [0.25, 0.3) is 0 Å². The first kappa shape index (κ1) is 9.90. The average molecular weight is 187 g/mol. The fraction of sp³-hybridized carbons (Fsp3) is 0.889. The van der Waals surface area contributed by atoms with E-state index in [9.17, 15) is 4.79 Å². The SMILES string of the molecule is CC1(C(=O)NCCS)CCCC1. The molecule has 0 saturated heterocycles. The molecule has 0 radical (unpaired) electrons. The van der Waals surface area contributed by atoms with E-state index in [1.54, 1.807) is 0 Å². The van der Waals surface area contributed by atoms with Crippen molar-refractivity contribution in [1.82, 2.24) is 5.32 Å². The van der Waals surface area contributed by atoms with E-state index in [2.05, 4.69) is 24.9 Å². The van der Waals surface area contributed by atoms with Gasteiger partial charge in [0.2, 0.25) is 5.91 Å². The van der Waals surface area contributed by atoms with Gasteiger partial charge in [-0.05, 0) is 12.8 Å². The Labute approximate surface area is 79.5 Å². The lowest BCUT2D eigenvalue weighted by Crippen LogP contribution is -2.37. The Bertz CT molecular complexity index is 164. The minimum Gasteiger partial charge on any atom is -0.355 e. The summed E-state index contributed by atoms with van der Waals surface area (Å²) in [6.07, 6.45) is 4.49. The van der Waals surface area contributed by atoms with Gasteiger partial charge in [-0.2, -0.15) is 12.6 Å². The summed E-state index contributed by atoms with van der Waals surface area (Å²) in [6, 6.07) is 0. The maximum Gasteiger partial charge on any atom is 0.225 e. The van der Waals surface area contributed by atoms with Gasteiger partial charge >= 0.3 is 0 Å². The fourth-order valence-corrected chi connectivity index (χ4v) is 1.88. The second kappa shape index (κ2) is 4.17. The van der Waals surface area contributed by atoms with Crippen LogP contribution >= 0.6 is 12.6 Å². The number of carbonyl (C=O) groups is 1. The van der Waals surface area contributed by atoms with Gasteiger partial charge in [-0.15, -0.1) is 0 Å². The van der Waals surface area contributed by atoms with Gasteiger partial charge in [0, 0.05) is 17.7 Å². The molecule has 1 N–H and O–H groups in total. The lowest BCUT2D eigenvalue weighted by molar-refractivity contribution is -0.129. The van der Waals surface area contributed by atoms with Crippen molar-refractivity contribution >= 4 is 18.5 Å². The molecule has 3 heteroatoms. The van der Waals surface area contributed by atoms with Crippen LogP contribution < -0.4 is 5.32 Å². The maximum absolute atomic E-state index is 11.6. The van der Waals surface area contributed by atoms with E-state index in [0.717, 1.165) is 18.6 Å². The number of thiol groups is 1. The van der Waals surface area contributed by atoms with Gasteiger partial charge in [0.1, 0.15) is 0 Å². The first-order chi connectivity index (χ1) is 5.69. The highest BCUT2D eigenvalue weighted by Gasteiger charge is 2.35. The lowest BCUT2D eigenvalue weighted by Gasteiger charge is -2.21. The minimum absolute atomic E-state index is 0.0804. The summed E-state index contributed by atoms with van der Waals surface area (Å²) in [4.78, 5) is 11.6. The monoisotopic (exact) mass is 187 g/mol. The molecule has 1 aliphatic carbocycles. The minimum atomic E-state index is -0.0804. The molecule has 1 amide bonds. The number of amides is 1. The molecule has 0 bridgehead atoms. The smallest absolute Gasteiger partial charge is 0.225 e. The van der Waals surface area contributed by atoms with E-state index in [1.807, 2.05) is 0 Å². The van der Waals surface area contributed by atoms with Crippen LogP contribution in [0.5, 0.6) is 0 Å². The van der Waals surface area contributed by atoms with E-state index in [-0.39, 0.29) is 11.3 Å². The second-order valence-corrected chi connectivity index (χ2v) is 4.19. The van der Waals surface area contributed by atoms with E-state index >= 15 is 0 Å². The fourth-order valence-electron chi connectivity index (χ4n) is 1.77. The quantitative estimate of drug-likeness (QED) is 0.646. The average Bonchev–Trinajstić information content (AvgIpc) is 2.49. The molecule has 0 aromatic rings. The van der Waals surface area contributed by atoms with Gasteiger partial charge in [-0.25, -0.2) is 0 Å². The largest absolute Gasteiger partial charge is 0.355 e. The first-order valence-electron chi connectivity index (χ1n) is 4.58. The molecule has 0 unspecified atom stereocenters. The summed E-state index contributed by atoms with van der Waals surface area (Å²) in [5.74, 6) is 0.941. The van der Waals surface area contributed by atoms with Gasteiger partial charge in [0.05, 0.1) is 0 Å². The van der Waals surface area contributed by atoms with Crippen molar-refractivity contribution in [2.75, 3.05) is 12.3 Å². The summed E-state index contributed by atoms with van der Waals surface area (Å²) in [6.45, 7) is 2.76. The molecular formula is C9H17NOS. The highest BCUT2D eigenvalue weighted by molar-refractivity contribution is 7.80. The van der Waals surface area contributed by atoms with Gasteiger partial charge in [-0.1, -0.05) is 19.8 Å². The van der Waals surface area contributed by atoms with Crippen molar-refractivity contribution in [3.63, 3.8) is 0 Å². The van der Waals surface area contributed by atoms with Crippen LogP contribution in [0, 0.1) is 5.41 Å². The Morgan fingerprint density at radius 3 is 2.58 bits per heavy atom. The Morgan fingerprint density at radius 1 is 1.50 bits per heavy atom. The molecule has 0 atom stereocenters. The zero-order valence-corrected chi connectivity index (χ0v) is 8.49. The van der Waals surface area contributed by atoms with Crippen molar-refractivity contribution in [2.45, 2.75) is 32.6 Å². The standard InChI is InChI=1S/C9H17NOS/c1-9(4-2-3-5-9)8(11)10-6-7-12/h12H,2-7H2,1H3,(H,10,11). The highest BCUT2D eigenvalue weighted by atomic mass is 32.1. The first-order valence-corrected chi connectivity index (χ1v) is 5.21. The maximum atomic E-state index is 11.6. The third kappa shape index (κ3) is 2.16. The van der Waals surface area contributed by atoms with E-state index in [0.29, 0.717) is 6.54 Å². The zero-order chi connectivity index (χ0) is 9.03. The molecular weight excluding hydrogens is 170 g/mol. The number of rotatable bonds is 3. The molecule has 70 valence electrons. The van der Waals surface area contributed by atoms with Crippen LogP contribution in [-0.4, -0.2) is 18.2 Å². The van der Waals surface area contributed by atoms with Gasteiger partial charge in [-0.3, -0.25) is 4.79 Å². The topological polar surface area (TPSA) is 29.1 Å². The molecule has 2 nitrogen and oxygen atoms in total. The van der Waals surface area contributed by atoms with Crippen LogP contribution in [0.3, 0.4) is 0 Å². The summed E-state index contributed by atoms with van der Waals surface area (Å²) in [7, 11) is 0. The number of hydrogen-bond donors (Lipinski definition) is 2. The van der Waals surface area contributed by atoms with Crippen molar-refractivity contribution in [3.05, 3.63) is 0 Å². The second-order valence-electron chi connectivity index (χ2n) is 3.75. The summed E-state index contributed by atoms with van der Waals surface area (Å²) in [5, 5.41) is 2.90. The summed E-state index contributed by atoms with van der Waals surface area (Å²) >= 11 is 4.05. The molecule has 0 aromatic heterocycles. The molecule has 0 aromatic carbocycles. The van der Waals surface area contributed by atoms with E-state index in [4.69, 9.17) is 0 Å². The molecule has 1 fully saturated rings. The number of nitrogens with one attached hydrogen (secondary N) is 1. The molecule has 12 heavy (non-hydrogen) atoms. The van der Waals surface area contributed by atoms with Crippen LogP contribution in [-0.2, 0) is 4.79 Å². The van der Waals surface area contributed by atoms with Crippen LogP contribution in [0.15, 0.2) is 0 Å². The van der Waals surface area contributed by atoms with E-state index < -0.39 is 0 Å². The van der Waals surface area contributed by atoms with Crippen molar-refractivity contribution in [3.8, 4) is 0 Å². The van der Waals surface area contributed by atoms with Crippen LogP contribution in [0.2, 0.25) is 0 Å². The molecule has 0 spiro atoms. The van der Waals surface area contributed by atoms with Crippen LogP contribution in [0.1, 0.15) is 32.6 Å².